The number of anilines is 2. The first-order valence-electron chi connectivity index (χ1n) is 11.8. The van der Waals surface area contributed by atoms with Gasteiger partial charge in [-0.1, -0.05) is 61.8 Å². The summed E-state index contributed by atoms with van der Waals surface area (Å²) in [7, 11) is 0. The number of nitrogens with zero attached hydrogens (tertiary/aromatic N) is 5. The lowest BCUT2D eigenvalue weighted by Gasteiger charge is -2.20. The molecule has 0 radical (unpaired) electrons. The molecule has 0 fully saturated rings. The van der Waals surface area contributed by atoms with Crippen LogP contribution in [0.15, 0.2) is 66.0 Å². The van der Waals surface area contributed by atoms with Crippen LogP contribution < -0.4 is 15.4 Å². The zero-order valence-corrected chi connectivity index (χ0v) is 23.6. The SMILES string of the molecule is CC(C)(C)c1ccc(-n2nnnc2SCC(=O)Nc2ccc(NC(=O)Cc3cccc[n+]3[O-])cc2Cl)c(Cl)c1. The van der Waals surface area contributed by atoms with Gasteiger partial charge in [0.15, 0.2) is 6.20 Å². The predicted octanol–water partition coefficient (Wildman–Crippen LogP) is 4.81. The highest BCUT2D eigenvalue weighted by molar-refractivity contribution is 7.99. The van der Waals surface area contributed by atoms with E-state index < -0.39 is 0 Å². The van der Waals surface area contributed by atoms with Crippen molar-refractivity contribution >= 4 is 58.2 Å². The predicted molar refractivity (Wildman–Crippen MR) is 151 cm³/mol. The van der Waals surface area contributed by atoms with Gasteiger partial charge >= 0.3 is 0 Å². The van der Waals surface area contributed by atoms with Gasteiger partial charge in [0.2, 0.25) is 22.7 Å². The maximum atomic E-state index is 12.6. The summed E-state index contributed by atoms with van der Waals surface area (Å²) in [4.78, 5) is 24.9. The van der Waals surface area contributed by atoms with E-state index in [0.29, 0.717) is 37.7 Å². The van der Waals surface area contributed by atoms with Gasteiger partial charge in [-0.3, -0.25) is 9.59 Å². The first-order chi connectivity index (χ1) is 18.5. The zero-order chi connectivity index (χ0) is 28.2. The third-order valence-corrected chi connectivity index (χ3v) is 7.12. The van der Waals surface area contributed by atoms with Crippen LogP contribution >= 0.6 is 35.0 Å². The summed E-state index contributed by atoms with van der Waals surface area (Å²) >= 11 is 14.0. The second-order valence-corrected chi connectivity index (χ2v) is 11.3. The maximum absolute atomic E-state index is 12.6. The number of pyridine rings is 1. The average Bonchev–Trinajstić information content (AvgIpc) is 3.33. The van der Waals surface area contributed by atoms with Crippen molar-refractivity contribution in [3.05, 3.63) is 87.3 Å². The molecule has 2 amide bonds. The molecule has 0 spiro atoms. The molecule has 202 valence electrons. The molecule has 0 atom stereocenters. The van der Waals surface area contributed by atoms with Gasteiger partial charge in [-0.05, 0) is 57.8 Å². The molecule has 2 aromatic carbocycles. The normalized spacial score (nSPS) is 11.3. The number of tetrazole rings is 1. The Balaban J connectivity index is 1.35. The van der Waals surface area contributed by atoms with Gasteiger partial charge in [0.05, 0.1) is 27.2 Å². The number of nitrogens with one attached hydrogen (secondary N) is 2. The van der Waals surface area contributed by atoms with Crippen LogP contribution in [0.4, 0.5) is 11.4 Å². The summed E-state index contributed by atoms with van der Waals surface area (Å²) in [5.41, 5.74) is 2.74. The Bertz CT molecular complexity index is 1520. The van der Waals surface area contributed by atoms with E-state index in [1.165, 1.54) is 16.9 Å². The lowest BCUT2D eigenvalue weighted by Crippen LogP contribution is -2.33. The van der Waals surface area contributed by atoms with E-state index in [0.717, 1.165) is 17.3 Å². The fourth-order valence-electron chi connectivity index (χ4n) is 3.55. The molecular formula is C26H25Cl2N7O3S. The van der Waals surface area contributed by atoms with Crippen molar-refractivity contribution in [2.45, 2.75) is 37.8 Å². The number of carbonyl (C=O) groups excluding carboxylic acids is 2. The van der Waals surface area contributed by atoms with Crippen molar-refractivity contribution in [3.8, 4) is 5.69 Å². The summed E-state index contributed by atoms with van der Waals surface area (Å²) < 4.78 is 2.12. The summed E-state index contributed by atoms with van der Waals surface area (Å²) in [5.74, 6) is -0.688. The van der Waals surface area contributed by atoms with E-state index in [9.17, 15) is 14.8 Å². The maximum Gasteiger partial charge on any atom is 0.235 e. The van der Waals surface area contributed by atoms with E-state index in [1.54, 1.807) is 30.3 Å². The third-order valence-electron chi connectivity index (χ3n) is 5.59. The first kappa shape index (κ1) is 28.3. The number of halogens is 2. The van der Waals surface area contributed by atoms with Gasteiger partial charge in [0.1, 0.15) is 6.42 Å². The molecule has 13 heteroatoms. The van der Waals surface area contributed by atoms with Gasteiger partial charge in [-0.15, -0.1) is 5.10 Å². The van der Waals surface area contributed by atoms with E-state index >= 15 is 0 Å². The van der Waals surface area contributed by atoms with Crippen LogP contribution in [0.1, 0.15) is 32.0 Å². The van der Waals surface area contributed by atoms with Crippen LogP contribution in [0.25, 0.3) is 5.69 Å². The van der Waals surface area contributed by atoms with Crippen molar-refractivity contribution < 1.29 is 14.3 Å². The lowest BCUT2D eigenvalue weighted by atomic mass is 9.87. The average molecular weight is 587 g/mol. The van der Waals surface area contributed by atoms with E-state index in [2.05, 4.69) is 46.9 Å². The van der Waals surface area contributed by atoms with Crippen molar-refractivity contribution in [1.29, 1.82) is 0 Å². The Morgan fingerprint density at radius 2 is 1.82 bits per heavy atom. The van der Waals surface area contributed by atoms with E-state index in [4.69, 9.17) is 23.2 Å². The van der Waals surface area contributed by atoms with Crippen molar-refractivity contribution in [2.75, 3.05) is 16.4 Å². The highest BCUT2D eigenvalue weighted by Crippen LogP contribution is 2.31. The van der Waals surface area contributed by atoms with E-state index in [1.807, 2.05) is 18.2 Å². The van der Waals surface area contributed by atoms with E-state index in [-0.39, 0.29) is 34.4 Å². The fraction of sp³-hybridized carbons (Fsp3) is 0.231. The monoisotopic (exact) mass is 585 g/mol. The standard InChI is InChI=1S/C26H25Cl2N7O3S/c1-26(2,3)16-7-10-22(20(28)12-16)35-25(31-32-33-35)39-15-24(37)30-21-9-8-17(13-19(21)27)29-23(36)14-18-6-4-5-11-34(18)38/h4-13H,14-15H2,1-3H3,(H,29,36)(H,30,37). The number of carbonyl (C=O) groups is 2. The number of aromatic nitrogens is 5. The molecule has 0 aliphatic carbocycles. The van der Waals surface area contributed by atoms with Crippen LogP contribution in [0.5, 0.6) is 0 Å². The minimum absolute atomic E-state index is 0.0130. The molecule has 0 unspecified atom stereocenters. The fourth-order valence-corrected chi connectivity index (χ4v) is 4.72. The highest BCUT2D eigenvalue weighted by Gasteiger charge is 2.19. The number of hydrogen-bond acceptors (Lipinski definition) is 7. The van der Waals surface area contributed by atoms with Gasteiger partial charge in [0.25, 0.3) is 0 Å². The third kappa shape index (κ3) is 7.25. The number of benzene rings is 2. The number of amides is 2. The van der Waals surface area contributed by atoms with Crippen LogP contribution in [-0.4, -0.2) is 37.8 Å². The Morgan fingerprint density at radius 3 is 2.51 bits per heavy atom. The van der Waals surface area contributed by atoms with Gasteiger partial charge in [-0.25, -0.2) is 0 Å². The Morgan fingerprint density at radius 1 is 1.03 bits per heavy atom. The molecule has 10 nitrogen and oxygen atoms in total. The first-order valence-corrected chi connectivity index (χ1v) is 13.5. The largest absolute Gasteiger partial charge is 0.618 e. The number of hydrogen-bond donors (Lipinski definition) is 2. The second kappa shape index (κ2) is 12.0. The molecule has 0 saturated heterocycles. The van der Waals surface area contributed by atoms with Crippen LogP contribution in [0.3, 0.4) is 0 Å². The molecular weight excluding hydrogens is 561 g/mol. The second-order valence-electron chi connectivity index (χ2n) is 9.56. The van der Waals surface area contributed by atoms with Crippen LogP contribution in [0.2, 0.25) is 10.0 Å². The molecule has 0 saturated carbocycles. The van der Waals surface area contributed by atoms with Crippen molar-refractivity contribution in [2.24, 2.45) is 0 Å². The molecule has 2 N–H and O–H groups in total. The lowest BCUT2D eigenvalue weighted by molar-refractivity contribution is -0.613. The number of rotatable bonds is 8. The minimum atomic E-state index is -0.374. The molecule has 39 heavy (non-hydrogen) atoms. The molecule has 4 rings (SSSR count). The molecule has 0 aliphatic rings. The zero-order valence-electron chi connectivity index (χ0n) is 21.3. The molecule has 0 bridgehead atoms. The highest BCUT2D eigenvalue weighted by atomic mass is 35.5. The summed E-state index contributed by atoms with van der Waals surface area (Å²) in [6.07, 6.45) is 1.23. The summed E-state index contributed by atoms with van der Waals surface area (Å²) in [6, 6.07) is 15.3. The Labute approximate surface area is 239 Å². The van der Waals surface area contributed by atoms with Gasteiger partial charge < -0.3 is 15.8 Å². The Hall–Kier alpha value is -3.67. The van der Waals surface area contributed by atoms with Gasteiger partial charge in [0, 0.05) is 17.8 Å². The Kier molecular flexibility index (Phi) is 8.73. The van der Waals surface area contributed by atoms with Crippen molar-refractivity contribution in [1.82, 2.24) is 20.2 Å². The summed E-state index contributed by atoms with van der Waals surface area (Å²) in [5, 5.41) is 30.1. The van der Waals surface area contributed by atoms with Crippen LogP contribution in [-0.2, 0) is 21.4 Å². The molecule has 2 heterocycles. The quantitative estimate of drug-likeness (QED) is 0.172. The van der Waals surface area contributed by atoms with Crippen LogP contribution in [0, 0.1) is 5.21 Å². The van der Waals surface area contributed by atoms with Crippen molar-refractivity contribution in [3.63, 3.8) is 0 Å². The summed E-state index contributed by atoms with van der Waals surface area (Å²) in [6.45, 7) is 6.29. The molecule has 0 aliphatic heterocycles. The minimum Gasteiger partial charge on any atom is -0.618 e. The molecule has 4 aromatic rings. The number of thioether (sulfide) groups is 1. The smallest absolute Gasteiger partial charge is 0.235 e. The molecule has 2 aromatic heterocycles. The topological polar surface area (TPSA) is 129 Å². The van der Waals surface area contributed by atoms with Gasteiger partial charge in [-0.2, -0.15) is 9.41 Å².